The summed E-state index contributed by atoms with van der Waals surface area (Å²) in [6.07, 6.45) is 1.24. The summed E-state index contributed by atoms with van der Waals surface area (Å²) in [5, 5.41) is 16.3. The molecule has 3 N–H and O–H groups in total. The Morgan fingerprint density at radius 3 is 2.39 bits per heavy atom. The molecule has 0 radical (unpaired) electrons. The van der Waals surface area contributed by atoms with E-state index in [0.717, 1.165) is 18.2 Å². The summed E-state index contributed by atoms with van der Waals surface area (Å²) >= 11 is 0. The zero-order valence-electron chi connectivity index (χ0n) is 13.8. The number of rotatable bonds is 7. The largest absolute Gasteiger partial charge is 0.388 e. The highest BCUT2D eigenvalue weighted by atomic mass is 127. The van der Waals surface area contributed by atoms with E-state index in [1.807, 2.05) is 20.8 Å². The highest BCUT2D eigenvalue weighted by Gasteiger charge is 2.22. The SMILES string of the molecule is CCNC(=NCc1cc(F)ccc1F)NCC(O)(CC)CC.I. The average Bonchev–Trinajstić information content (AvgIpc) is 2.52. The summed E-state index contributed by atoms with van der Waals surface area (Å²) in [5.74, 6) is -0.512. The highest BCUT2D eigenvalue weighted by molar-refractivity contribution is 14.0. The van der Waals surface area contributed by atoms with Crippen LogP contribution in [0.5, 0.6) is 0 Å². The first kappa shape index (κ1) is 22.0. The second-order valence-corrected chi connectivity index (χ2v) is 5.22. The van der Waals surface area contributed by atoms with Gasteiger partial charge in [-0.3, -0.25) is 0 Å². The van der Waals surface area contributed by atoms with Crippen LogP contribution in [0.4, 0.5) is 8.78 Å². The Morgan fingerprint density at radius 2 is 1.83 bits per heavy atom. The van der Waals surface area contributed by atoms with Gasteiger partial charge >= 0.3 is 0 Å². The molecular formula is C16H26F2IN3O. The van der Waals surface area contributed by atoms with Crippen molar-refractivity contribution in [3.05, 3.63) is 35.4 Å². The van der Waals surface area contributed by atoms with Crippen molar-refractivity contribution in [1.29, 1.82) is 0 Å². The molecular weight excluding hydrogens is 415 g/mol. The van der Waals surface area contributed by atoms with Gasteiger partial charge in [-0.05, 0) is 38.0 Å². The zero-order chi connectivity index (χ0) is 16.6. The van der Waals surface area contributed by atoms with Gasteiger partial charge in [0, 0.05) is 18.7 Å². The molecule has 1 aromatic carbocycles. The van der Waals surface area contributed by atoms with Crippen molar-refractivity contribution in [3.8, 4) is 0 Å². The van der Waals surface area contributed by atoms with Crippen LogP contribution in [0.3, 0.4) is 0 Å². The molecule has 0 saturated heterocycles. The zero-order valence-corrected chi connectivity index (χ0v) is 16.2. The number of halogens is 3. The lowest BCUT2D eigenvalue weighted by atomic mass is 9.98. The number of guanidine groups is 1. The van der Waals surface area contributed by atoms with Gasteiger partial charge in [-0.15, -0.1) is 24.0 Å². The maximum atomic E-state index is 13.6. The smallest absolute Gasteiger partial charge is 0.191 e. The fraction of sp³-hybridized carbons (Fsp3) is 0.562. The fourth-order valence-corrected chi connectivity index (χ4v) is 1.92. The molecule has 0 aliphatic carbocycles. The van der Waals surface area contributed by atoms with Crippen molar-refractivity contribution in [1.82, 2.24) is 10.6 Å². The Hall–Kier alpha value is -0.960. The third-order valence-corrected chi connectivity index (χ3v) is 3.66. The van der Waals surface area contributed by atoms with Crippen LogP contribution in [0.1, 0.15) is 39.2 Å². The number of nitrogens with zero attached hydrogens (tertiary/aromatic N) is 1. The van der Waals surface area contributed by atoms with E-state index in [9.17, 15) is 13.9 Å². The molecule has 0 aliphatic rings. The monoisotopic (exact) mass is 441 g/mol. The van der Waals surface area contributed by atoms with Crippen molar-refractivity contribution in [3.63, 3.8) is 0 Å². The number of benzene rings is 1. The average molecular weight is 441 g/mol. The van der Waals surface area contributed by atoms with Gasteiger partial charge in [0.2, 0.25) is 0 Å². The normalized spacial score (nSPS) is 11.8. The van der Waals surface area contributed by atoms with Crippen LogP contribution in [0, 0.1) is 11.6 Å². The molecule has 1 aromatic rings. The molecule has 0 aliphatic heterocycles. The van der Waals surface area contributed by atoms with Gasteiger partial charge in [0.25, 0.3) is 0 Å². The molecule has 132 valence electrons. The standard InChI is InChI=1S/C16H25F2N3O.HI/c1-4-16(22,5-2)11-21-15(19-6-3)20-10-12-9-13(17)7-8-14(12)18;/h7-9,22H,4-6,10-11H2,1-3H3,(H2,19,20,21);1H. The number of aliphatic hydroxyl groups is 1. The van der Waals surface area contributed by atoms with Crippen LogP contribution in [-0.2, 0) is 6.54 Å². The minimum absolute atomic E-state index is 0. The lowest BCUT2D eigenvalue weighted by molar-refractivity contribution is 0.0367. The number of hydrogen-bond acceptors (Lipinski definition) is 2. The molecule has 0 unspecified atom stereocenters. The quantitative estimate of drug-likeness (QED) is 0.346. The first-order valence-corrected chi connectivity index (χ1v) is 7.62. The van der Waals surface area contributed by atoms with E-state index in [1.54, 1.807) is 0 Å². The van der Waals surface area contributed by atoms with Crippen molar-refractivity contribution in [2.75, 3.05) is 13.1 Å². The van der Waals surface area contributed by atoms with Crippen LogP contribution in [0.15, 0.2) is 23.2 Å². The van der Waals surface area contributed by atoms with Gasteiger partial charge in [-0.1, -0.05) is 13.8 Å². The molecule has 0 fully saturated rings. The van der Waals surface area contributed by atoms with Crippen molar-refractivity contribution in [2.24, 2.45) is 4.99 Å². The maximum absolute atomic E-state index is 13.6. The molecule has 4 nitrogen and oxygen atoms in total. The van der Waals surface area contributed by atoms with Gasteiger partial charge in [-0.25, -0.2) is 13.8 Å². The minimum Gasteiger partial charge on any atom is -0.388 e. The summed E-state index contributed by atoms with van der Waals surface area (Å²) in [5.41, 5.74) is -0.612. The Morgan fingerprint density at radius 1 is 1.17 bits per heavy atom. The van der Waals surface area contributed by atoms with E-state index in [2.05, 4.69) is 15.6 Å². The predicted molar refractivity (Wildman–Crippen MR) is 100 cm³/mol. The van der Waals surface area contributed by atoms with Crippen LogP contribution >= 0.6 is 24.0 Å². The first-order valence-electron chi connectivity index (χ1n) is 7.62. The van der Waals surface area contributed by atoms with E-state index in [-0.39, 0.29) is 36.1 Å². The highest BCUT2D eigenvalue weighted by Crippen LogP contribution is 2.13. The van der Waals surface area contributed by atoms with E-state index in [1.165, 1.54) is 0 Å². The van der Waals surface area contributed by atoms with E-state index in [0.29, 0.717) is 31.9 Å². The van der Waals surface area contributed by atoms with Crippen molar-refractivity contribution in [2.45, 2.75) is 45.8 Å². The number of nitrogens with one attached hydrogen (secondary N) is 2. The molecule has 0 bridgehead atoms. The third kappa shape index (κ3) is 7.43. The molecule has 1 rings (SSSR count). The Labute approximate surface area is 153 Å². The van der Waals surface area contributed by atoms with Gasteiger partial charge < -0.3 is 15.7 Å². The molecule has 0 saturated carbocycles. The predicted octanol–water partition coefficient (Wildman–Crippen LogP) is 3.19. The number of hydrogen-bond donors (Lipinski definition) is 3. The molecule has 0 spiro atoms. The second-order valence-electron chi connectivity index (χ2n) is 5.22. The molecule has 0 heterocycles. The molecule has 0 atom stereocenters. The summed E-state index contributed by atoms with van der Waals surface area (Å²) in [4.78, 5) is 4.23. The van der Waals surface area contributed by atoms with Crippen LogP contribution in [0.2, 0.25) is 0 Å². The first-order chi connectivity index (χ1) is 10.4. The number of aliphatic imine (C=N–C) groups is 1. The van der Waals surface area contributed by atoms with Gasteiger partial charge in [0.1, 0.15) is 11.6 Å². The third-order valence-electron chi connectivity index (χ3n) is 3.66. The summed E-state index contributed by atoms with van der Waals surface area (Å²) < 4.78 is 26.7. The maximum Gasteiger partial charge on any atom is 0.191 e. The van der Waals surface area contributed by atoms with Crippen LogP contribution in [0.25, 0.3) is 0 Å². The van der Waals surface area contributed by atoms with Crippen molar-refractivity contribution < 1.29 is 13.9 Å². The fourth-order valence-electron chi connectivity index (χ4n) is 1.92. The topological polar surface area (TPSA) is 56.7 Å². The minimum atomic E-state index is -0.805. The Balaban J connectivity index is 0.00000484. The van der Waals surface area contributed by atoms with Crippen LogP contribution < -0.4 is 10.6 Å². The second kappa shape index (κ2) is 10.7. The van der Waals surface area contributed by atoms with Crippen LogP contribution in [-0.4, -0.2) is 29.8 Å². The molecule has 7 heteroatoms. The Kier molecular flexibility index (Phi) is 10.3. The van der Waals surface area contributed by atoms with Gasteiger partial charge in [0.15, 0.2) is 5.96 Å². The van der Waals surface area contributed by atoms with E-state index < -0.39 is 17.2 Å². The van der Waals surface area contributed by atoms with E-state index in [4.69, 9.17) is 0 Å². The van der Waals surface area contributed by atoms with Gasteiger partial charge in [0.05, 0.1) is 12.1 Å². The summed E-state index contributed by atoms with van der Waals surface area (Å²) in [7, 11) is 0. The lowest BCUT2D eigenvalue weighted by Gasteiger charge is -2.26. The van der Waals surface area contributed by atoms with Crippen molar-refractivity contribution >= 4 is 29.9 Å². The summed E-state index contributed by atoms with van der Waals surface area (Å²) in [6.45, 7) is 6.74. The Bertz CT molecular complexity index is 508. The summed E-state index contributed by atoms with van der Waals surface area (Å²) in [6, 6.07) is 3.30. The molecule has 0 amide bonds. The lowest BCUT2D eigenvalue weighted by Crippen LogP contribution is -2.46. The van der Waals surface area contributed by atoms with Gasteiger partial charge in [-0.2, -0.15) is 0 Å². The molecule has 23 heavy (non-hydrogen) atoms. The van der Waals surface area contributed by atoms with E-state index >= 15 is 0 Å². The molecule has 0 aromatic heterocycles.